The molecule has 0 atom stereocenters. The maximum atomic E-state index is 7.58. The fourth-order valence-electron chi connectivity index (χ4n) is 1.82. The van der Waals surface area contributed by atoms with Gasteiger partial charge in [0.1, 0.15) is 11.5 Å². The molecule has 0 unspecified atom stereocenters. The summed E-state index contributed by atoms with van der Waals surface area (Å²) in [4.78, 5) is 6.44. The molecule has 0 amide bonds. The summed E-state index contributed by atoms with van der Waals surface area (Å²) in [6.45, 7) is 9.57. The number of hydrogen-bond acceptors (Lipinski definition) is 3. The molecule has 94 valence electrons. The number of pyridine rings is 1. The highest BCUT2D eigenvalue weighted by Crippen LogP contribution is 2.21. The lowest BCUT2D eigenvalue weighted by molar-refractivity contribution is 0.570. The van der Waals surface area contributed by atoms with Gasteiger partial charge in [0.2, 0.25) is 0 Å². The first-order valence-electron chi connectivity index (χ1n) is 5.99. The minimum atomic E-state index is 0.0232. The van der Waals surface area contributed by atoms with E-state index in [1.165, 1.54) is 0 Å². The van der Waals surface area contributed by atoms with Crippen LogP contribution in [0.15, 0.2) is 18.3 Å². The summed E-state index contributed by atoms with van der Waals surface area (Å²) in [5.41, 5.74) is 7.10. The van der Waals surface area contributed by atoms with E-state index >= 15 is 0 Å². The summed E-state index contributed by atoms with van der Waals surface area (Å²) in [5, 5.41) is 7.58. The SMILES string of the molecule is CC(C)CN(c1cccnc1C(=N)N)C(C)C. The van der Waals surface area contributed by atoms with E-state index in [-0.39, 0.29) is 5.84 Å². The fraction of sp³-hybridized carbons (Fsp3) is 0.538. The molecule has 0 aliphatic heterocycles. The molecule has 0 saturated heterocycles. The number of nitrogens with one attached hydrogen (secondary N) is 1. The predicted octanol–water partition coefficient (Wildman–Crippen LogP) is 2.24. The zero-order valence-corrected chi connectivity index (χ0v) is 11.1. The third-order valence-electron chi connectivity index (χ3n) is 2.54. The van der Waals surface area contributed by atoms with Gasteiger partial charge in [-0.1, -0.05) is 13.8 Å². The molecule has 1 aromatic rings. The van der Waals surface area contributed by atoms with Crippen molar-refractivity contribution in [1.82, 2.24) is 4.98 Å². The van der Waals surface area contributed by atoms with Crippen LogP contribution in [0.25, 0.3) is 0 Å². The van der Waals surface area contributed by atoms with Crippen molar-refractivity contribution >= 4 is 11.5 Å². The van der Waals surface area contributed by atoms with Gasteiger partial charge < -0.3 is 10.6 Å². The normalized spacial score (nSPS) is 10.9. The van der Waals surface area contributed by atoms with E-state index in [1.54, 1.807) is 6.20 Å². The van der Waals surface area contributed by atoms with Gasteiger partial charge in [-0.3, -0.25) is 10.4 Å². The summed E-state index contributed by atoms with van der Waals surface area (Å²) in [6, 6.07) is 4.23. The van der Waals surface area contributed by atoms with Gasteiger partial charge in [0, 0.05) is 18.8 Å². The number of nitrogens with two attached hydrogens (primary N) is 1. The molecule has 17 heavy (non-hydrogen) atoms. The van der Waals surface area contributed by atoms with Crippen molar-refractivity contribution in [1.29, 1.82) is 5.41 Å². The average Bonchev–Trinajstić information content (AvgIpc) is 2.25. The highest BCUT2D eigenvalue weighted by Gasteiger charge is 2.17. The smallest absolute Gasteiger partial charge is 0.143 e. The van der Waals surface area contributed by atoms with Crippen molar-refractivity contribution in [3.8, 4) is 0 Å². The summed E-state index contributed by atoms with van der Waals surface area (Å²) in [5.74, 6) is 0.576. The molecule has 1 aromatic heterocycles. The number of nitrogen functional groups attached to an aromatic ring is 1. The molecule has 0 radical (unpaired) electrons. The lowest BCUT2D eigenvalue weighted by Crippen LogP contribution is -2.36. The van der Waals surface area contributed by atoms with Crippen LogP contribution >= 0.6 is 0 Å². The Labute approximate surface area is 103 Å². The first kappa shape index (κ1) is 13.5. The van der Waals surface area contributed by atoms with E-state index in [1.807, 2.05) is 12.1 Å². The Morgan fingerprint density at radius 1 is 1.41 bits per heavy atom. The molecule has 0 spiro atoms. The summed E-state index contributed by atoms with van der Waals surface area (Å²) < 4.78 is 0. The number of aromatic nitrogens is 1. The third kappa shape index (κ3) is 3.44. The molecule has 4 heteroatoms. The third-order valence-corrected chi connectivity index (χ3v) is 2.54. The number of hydrogen-bond donors (Lipinski definition) is 2. The van der Waals surface area contributed by atoms with Gasteiger partial charge in [0.25, 0.3) is 0 Å². The van der Waals surface area contributed by atoms with E-state index in [4.69, 9.17) is 11.1 Å². The van der Waals surface area contributed by atoms with Crippen molar-refractivity contribution in [2.75, 3.05) is 11.4 Å². The predicted molar refractivity (Wildman–Crippen MR) is 72.6 cm³/mol. The van der Waals surface area contributed by atoms with Crippen LogP contribution in [-0.2, 0) is 0 Å². The maximum absolute atomic E-state index is 7.58. The van der Waals surface area contributed by atoms with Crippen LogP contribution in [0.2, 0.25) is 0 Å². The largest absolute Gasteiger partial charge is 0.382 e. The second-order valence-corrected chi connectivity index (χ2v) is 4.92. The number of amidine groups is 1. The van der Waals surface area contributed by atoms with E-state index in [0.717, 1.165) is 12.2 Å². The Hall–Kier alpha value is -1.58. The molecule has 0 aliphatic rings. The van der Waals surface area contributed by atoms with Gasteiger partial charge in [0.15, 0.2) is 0 Å². The number of anilines is 1. The van der Waals surface area contributed by atoms with E-state index < -0.39 is 0 Å². The highest BCUT2D eigenvalue weighted by atomic mass is 15.2. The van der Waals surface area contributed by atoms with E-state index in [9.17, 15) is 0 Å². The van der Waals surface area contributed by atoms with Gasteiger partial charge in [-0.25, -0.2) is 0 Å². The van der Waals surface area contributed by atoms with Gasteiger partial charge in [0.05, 0.1) is 5.69 Å². The molecule has 0 fully saturated rings. The van der Waals surface area contributed by atoms with Crippen molar-refractivity contribution in [3.05, 3.63) is 24.0 Å². The first-order chi connectivity index (χ1) is 7.93. The quantitative estimate of drug-likeness (QED) is 0.606. The van der Waals surface area contributed by atoms with Crippen molar-refractivity contribution in [3.63, 3.8) is 0 Å². The van der Waals surface area contributed by atoms with Gasteiger partial charge in [-0.05, 0) is 31.9 Å². The topological polar surface area (TPSA) is 66.0 Å². The summed E-state index contributed by atoms with van der Waals surface area (Å²) in [6.07, 6.45) is 1.67. The molecule has 1 heterocycles. The number of nitrogens with zero attached hydrogens (tertiary/aromatic N) is 2. The van der Waals surface area contributed by atoms with Crippen LogP contribution in [0, 0.1) is 11.3 Å². The Balaban J connectivity index is 3.13. The molecule has 0 aliphatic carbocycles. The second-order valence-electron chi connectivity index (χ2n) is 4.92. The van der Waals surface area contributed by atoms with Gasteiger partial charge >= 0.3 is 0 Å². The minimum absolute atomic E-state index is 0.0232. The van der Waals surface area contributed by atoms with Crippen LogP contribution in [0.4, 0.5) is 5.69 Å². The van der Waals surface area contributed by atoms with Crippen LogP contribution in [0.1, 0.15) is 33.4 Å². The van der Waals surface area contributed by atoms with Crippen molar-refractivity contribution in [2.45, 2.75) is 33.7 Å². The minimum Gasteiger partial charge on any atom is -0.382 e. The van der Waals surface area contributed by atoms with Crippen LogP contribution in [0.5, 0.6) is 0 Å². The average molecular weight is 234 g/mol. The number of rotatable bonds is 5. The summed E-state index contributed by atoms with van der Waals surface area (Å²) in [7, 11) is 0. The Kier molecular flexibility index (Phi) is 4.49. The molecule has 0 bridgehead atoms. The molecule has 3 N–H and O–H groups in total. The molecule has 1 rings (SSSR count). The monoisotopic (exact) mass is 234 g/mol. The standard InChI is InChI=1S/C13H22N4/c1-9(2)8-17(10(3)4)11-6-5-7-16-12(11)13(14)15/h5-7,9-10H,8H2,1-4H3,(H3,14,15). The molecular formula is C13H22N4. The molecule has 0 saturated carbocycles. The summed E-state index contributed by atoms with van der Waals surface area (Å²) >= 11 is 0. The van der Waals surface area contributed by atoms with Crippen LogP contribution in [0.3, 0.4) is 0 Å². The van der Waals surface area contributed by atoms with Crippen LogP contribution < -0.4 is 10.6 Å². The van der Waals surface area contributed by atoms with E-state index in [0.29, 0.717) is 17.7 Å². The van der Waals surface area contributed by atoms with Gasteiger partial charge in [-0.2, -0.15) is 0 Å². The Bertz CT molecular complexity index is 385. The zero-order valence-electron chi connectivity index (χ0n) is 11.1. The molecule has 0 aromatic carbocycles. The van der Waals surface area contributed by atoms with Crippen molar-refractivity contribution < 1.29 is 0 Å². The Morgan fingerprint density at radius 2 is 2.06 bits per heavy atom. The first-order valence-corrected chi connectivity index (χ1v) is 5.99. The molecule has 4 nitrogen and oxygen atoms in total. The van der Waals surface area contributed by atoms with Crippen molar-refractivity contribution in [2.24, 2.45) is 11.7 Å². The fourth-order valence-corrected chi connectivity index (χ4v) is 1.82. The highest BCUT2D eigenvalue weighted by molar-refractivity contribution is 5.98. The van der Waals surface area contributed by atoms with Gasteiger partial charge in [-0.15, -0.1) is 0 Å². The lowest BCUT2D eigenvalue weighted by atomic mass is 10.1. The second kappa shape index (κ2) is 5.66. The Morgan fingerprint density at radius 3 is 2.53 bits per heavy atom. The molecular weight excluding hydrogens is 212 g/mol. The van der Waals surface area contributed by atoms with Crippen LogP contribution in [-0.4, -0.2) is 23.4 Å². The zero-order chi connectivity index (χ0) is 13.0. The maximum Gasteiger partial charge on any atom is 0.143 e. The lowest BCUT2D eigenvalue weighted by Gasteiger charge is -2.31. The van der Waals surface area contributed by atoms with E-state index in [2.05, 4.69) is 37.6 Å².